The van der Waals surface area contributed by atoms with Gasteiger partial charge in [-0.1, -0.05) is 18.6 Å². The lowest BCUT2D eigenvalue weighted by atomic mass is 10.1. The second-order valence-electron chi connectivity index (χ2n) is 3.81. The van der Waals surface area contributed by atoms with E-state index in [4.69, 9.17) is 10.3 Å². The molecular weight excluding hydrogens is 258 g/mol. The van der Waals surface area contributed by atoms with E-state index in [1.807, 2.05) is 24.3 Å². The average molecular weight is 275 g/mol. The quantitative estimate of drug-likeness (QED) is 0.346. The number of nitrogens with two attached hydrogens (primary N) is 1. The Balaban J connectivity index is 2.13. The van der Waals surface area contributed by atoms with Gasteiger partial charge in [0.25, 0.3) is 0 Å². The average Bonchev–Trinajstić information content (AvgIpc) is 2.22. The van der Waals surface area contributed by atoms with Crippen LogP contribution in [0.3, 0.4) is 0 Å². The molecule has 0 aliphatic carbocycles. The van der Waals surface area contributed by atoms with Crippen molar-refractivity contribution >= 4 is 25.6 Å². The minimum atomic E-state index is -3.87. The van der Waals surface area contributed by atoms with Crippen LogP contribution in [0.25, 0.3) is 0 Å². The summed E-state index contributed by atoms with van der Waals surface area (Å²) in [5, 5.41) is 0. The molecule has 0 spiro atoms. The Morgan fingerprint density at radius 2 is 2.00 bits per heavy atom. The molecule has 1 aromatic rings. The Morgan fingerprint density at radius 3 is 2.65 bits per heavy atom. The Morgan fingerprint density at radius 1 is 1.24 bits per heavy atom. The van der Waals surface area contributed by atoms with Crippen LogP contribution in [0.2, 0.25) is 0 Å². The number of nitrogen functional groups attached to an aromatic ring is 1. The maximum atomic E-state index is 10.4. The van der Waals surface area contributed by atoms with E-state index >= 15 is 0 Å². The van der Waals surface area contributed by atoms with Gasteiger partial charge in [0.05, 0.1) is 0 Å². The van der Waals surface area contributed by atoms with Gasteiger partial charge < -0.3 is 5.73 Å². The van der Waals surface area contributed by atoms with E-state index in [0.717, 1.165) is 31.4 Å². The van der Waals surface area contributed by atoms with Gasteiger partial charge in [0.1, 0.15) is 0 Å². The molecule has 0 aliphatic heterocycles. The summed E-state index contributed by atoms with van der Waals surface area (Å²) in [5.74, 6) is 0.440. The van der Waals surface area contributed by atoms with Gasteiger partial charge in [-0.2, -0.15) is 8.42 Å². The molecule has 0 aromatic heterocycles. The summed E-state index contributed by atoms with van der Waals surface area (Å²) in [6.07, 6.45) is 3.67. The molecule has 0 bridgehead atoms. The molecule has 0 fully saturated rings. The maximum Gasteiger partial charge on any atom is 0.319 e. The molecule has 0 heterocycles. The third-order valence-corrected chi connectivity index (χ3v) is 4.44. The van der Waals surface area contributed by atoms with Gasteiger partial charge in [-0.3, -0.25) is 4.55 Å². The minimum absolute atomic E-state index is 0.440. The lowest BCUT2D eigenvalue weighted by molar-refractivity contribution is 0.503. The zero-order valence-electron chi connectivity index (χ0n) is 9.50. The second-order valence-corrected chi connectivity index (χ2v) is 7.28. The van der Waals surface area contributed by atoms with Crippen molar-refractivity contribution in [3.8, 4) is 0 Å². The fourth-order valence-corrected chi connectivity index (χ4v) is 3.04. The Hall–Kier alpha value is -0.720. The summed E-state index contributed by atoms with van der Waals surface area (Å²) in [4.78, 5) is 0. The van der Waals surface area contributed by atoms with Gasteiger partial charge in [-0.05, 0) is 47.8 Å². The highest BCUT2D eigenvalue weighted by Gasteiger charge is 2.03. The first-order valence-corrected chi connectivity index (χ1v) is 8.38. The lowest BCUT2D eigenvalue weighted by Gasteiger charge is -2.02. The van der Waals surface area contributed by atoms with E-state index in [1.54, 1.807) is 0 Å². The van der Waals surface area contributed by atoms with E-state index in [9.17, 15) is 8.42 Å². The molecule has 0 radical (unpaired) electrons. The summed E-state index contributed by atoms with van der Waals surface area (Å²) in [6.45, 7) is 0. The number of aryl methyl sites for hydroxylation is 1. The van der Waals surface area contributed by atoms with Gasteiger partial charge in [0.15, 0.2) is 0 Å². The van der Waals surface area contributed by atoms with Crippen molar-refractivity contribution < 1.29 is 13.0 Å². The third kappa shape index (κ3) is 7.25. The van der Waals surface area contributed by atoms with Gasteiger partial charge >= 0.3 is 9.15 Å². The van der Waals surface area contributed by atoms with Crippen molar-refractivity contribution in [1.82, 2.24) is 0 Å². The highest BCUT2D eigenvalue weighted by molar-refractivity contribution is 8.69. The van der Waals surface area contributed by atoms with Crippen molar-refractivity contribution in [2.45, 2.75) is 25.7 Å². The molecule has 4 nitrogen and oxygen atoms in total. The predicted octanol–water partition coefficient (Wildman–Crippen LogP) is 2.52. The Kier molecular flexibility index (Phi) is 5.80. The monoisotopic (exact) mass is 275 g/mol. The van der Waals surface area contributed by atoms with Crippen LogP contribution in [-0.4, -0.2) is 18.7 Å². The molecule has 3 N–H and O–H groups in total. The van der Waals surface area contributed by atoms with E-state index in [1.165, 1.54) is 5.56 Å². The molecule has 0 atom stereocenters. The van der Waals surface area contributed by atoms with Crippen molar-refractivity contribution in [3.63, 3.8) is 0 Å². The first-order chi connectivity index (χ1) is 7.97. The molecule has 0 unspecified atom stereocenters. The molecule has 0 amide bonds. The van der Waals surface area contributed by atoms with Gasteiger partial charge in [-0.15, -0.1) is 0 Å². The zero-order chi connectivity index (χ0) is 12.7. The fraction of sp³-hybridized carbons (Fsp3) is 0.455. The minimum Gasteiger partial charge on any atom is -0.399 e. The molecule has 0 saturated carbocycles. The molecule has 1 rings (SSSR count). The molecule has 96 valence electrons. The number of hydrogen-bond donors (Lipinski definition) is 2. The fourth-order valence-electron chi connectivity index (χ4n) is 1.52. The van der Waals surface area contributed by atoms with E-state index < -0.39 is 9.15 Å². The molecule has 1 aromatic carbocycles. The summed E-state index contributed by atoms with van der Waals surface area (Å²) in [5.41, 5.74) is 7.63. The zero-order valence-corrected chi connectivity index (χ0v) is 11.1. The van der Waals surface area contributed by atoms with Crippen molar-refractivity contribution in [2.75, 3.05) is 11.5 Å². The normalized spacial score (nSPS) is 11.6. The highest BCUT2D eigenvalue weighted by Crippen LogP contribution is 2.14. The van der Waals surface area contributed by atoms with E-state index in [-0.39, 0.29) is 0 Å². The van der Waals surface area contributed by atoms with Crippen LogP contribution in [0.1, 0.15) is 24.8 Å². The number of benzene rings is 1. The van der Waals surface area contributed by atoms with Crippen molar-refractivity contribution in [1.29, 1.82) is 0 Å². The third-order valence-electron chi connectivity index (χ3n) is 2.29. The van der Waals surface area contributed by atoms with Crippen LogP contribution >= 0.6 is 10.8 Å². The van der Waals surface area contributed by atoms with Crippen LogP contribution < -0.4 is 5.73 Å². The van der Waals surface area contributed by atoms with Crippen LogP contribution in [0.15, 0.2) is 24.3 Å². The number of hydrogen-bond acceptors (Lipinski definition) is 4. The lowest BCUT2D eigenvalue weighted by Crippen LogP contribution is -1.93. The summed E-state index contributed by atoms with van der Waals surface area (Å²) in [7, 11) is -3.28. The van der Waals surface area contributed by atoms with Gasteiger partial charge in [-0.25, -0.2) is 0 Å². The smallest absolute Gasteiger partial charge is 0.319 e. The van der Waals surface area contributed by atoms with E-state index in [2.05, 4.69) is 0 Å². The Labute approximate surface area is 106 Å². The topological polar surface area (TPSA) is 80.4 Å². The summed E-state index contributed by atoms with van der Waals surface area (Å²) >= 11 is 0. The van der Waals surface area contributed by atoms with Crippen molar-refractivity contribution in [2.24, 2.45) is 0 Å². The van der Waals surface area contributed by atoms with Crippen molar-refractivity contribution in [3.05, 3.63) is 29.8 Å². The van der Waals surface area contributed by atoms with E-state index in [0.29, 0.717) is 16.5 Å². The summed E-state index contributed by atoms with van der Waals surface area (Å²) < 4.78 is 29.4. The molecule has 0 saturated heterocycles. The van der Waals surface area contributed by atoms with Crippen LogP contribution in [0.4, 0.5) is 5.69 Å². The first-order valence-electron chi connectivity index (χ1n) is 5.43. The van der Waals surface area contributed by atoms with Crippen LogP contribution in [0, 0.1) is 0 Å². The first kappa shape index (κ1) is 14.3. The molecule has 0 aliphatic rings. The standard InChI is InChI=1S/C11H17NO3S2/c12-11-7-4-6-10(9-11)5-2-1-3-8-16-17(13,14)15/h4,6-7,9H,1-3,5,8,12H2,(H,13,14,15). The van der Waals surface area contributed by atoms with Crippen LogP contribution in [-0.2, 0) is 15.6 Å². The molecular formula is C11H17NO3S2. The maximum absolute atomic E-state index is 10.4. The second kappa shape index (κ2) is 6.88. The number of rotatable bonds is 7. The number of unbranched alkanes of at least 4 members (excludes halogenated alkanes) is 2. The summed E-state index contributed by atoms with van der Waals surface area (Å²) in [6, 6.07) is 7.77. The molecule has 17 heavy (non-hydrogen) atoms. The highest BCUT2D eigenvalue weighted by atomic mass is 33.1. The molecule has 6 heteroatoms. The largest absolute Gasteiger partial charge is 0.399 e. The number of anilines is 1. The SMILES string of the molecule is Nc1cccc(CCCCCSS(=O)(=O)O)c1. The predicted molar refractivity (Wildman–Crippen MR) is 72.4 cm³/mol. The van der Waals surface area contributed by atoms with Gasteiger partial charge in [0.2, 0.25) is 0 Å². The van der Waals surface area contributed by atoms with Crippen LogP contribution in [0.5, 0.6) is 0 Å². The van der Waals surface area contributed by atoms with Gasteiger partial charge in [0, 0.05) is 11.4 Å². The Bertz CT molecular complexity index is 446.